The van der Waals surface area contributed by atoms with Crippen LogP contribution in [0.5, 0.6) is 0 Å². The second-order valence-electron chi connectivity index (χ2n) is 2.67. The van der Waals surface area contributed by atoms with Crippen LogP contribution in [0.15, 0.2) is 5.38 Å². The van der Waals surface area contributed by atoms with Crippen LogP contribution in [0.4, 0.5) is 0 Å². The molecule has 0 saturated carbocycles. The summed E-state index contributed by atoms with van der Waals surface area (Å²) in [5.74, 6) is 0.349. The summed E-state index contributed by atoms with van der Waals surface area (Å²) in [6.07, 6.45) is 1.01. The van der Waals surface area contributed by atoms with Crippen LogP contribution >= 0.6 is 11.3 Å². The molecule has 0 aromatic carbocycles. The van der Waals surface area contributed by atoms with E-state index in [1.54, 1.807) is 0 Å². The van der Waals surface area contributed by atoms with Gasteiger partial charge in [-0.2, -0.15) is 0 Å². The summed E-state index contributed by atoms with van der Waals surface area (Å²) in [7, 11) is 0. The average molecular weight is 186 g/mol. The van der Waals surface area contributed by atoms with Crippen LogP contribution in [0.25, 0.3) is 0 Å². The van der Waals surface area contributed by atoms with Crippen molar-refractivity contribution in [2.24, 2.45) is 5.73 Å². The Kier molecular flexibility index (Phi) is 3.65. The first-order valence-corrected chi connectivity index (χ1v) is 4.95. The van der Waals surface area contributed by atoms with Gasteiger partial charge in [-0.1, -0.05) is 6.92 Å². The van der Waals surface area contributed by atoms with Crippen molar-refractivity contribution in [1.29, 1.82) is 0 Å². The zero-order valence-corrected chi connectivity index (χ0v) is 7.97. The summed E-state index contributed by atoms with van der Waals surface area (Å²) in [6.45, 7) is 2.76. The second-order valence-corrected chi connectivity index (χ2v) is 3.61. The van der Waals surface area contributed by atoms with E-state index in [9.17, 15) is 0 Å². The molecule has 0 aliphatic carbocycles. The molecule has 0 saturated heterocycles. The first-order valence-electron chi connectivity index (χ1n) is 4.07. The lowest BCUT2D eigenvalue weighted by atomic mass is 10.0. The van der Waals surface area contributed by atoms with Gasteiger partial charge in [-0.05, 0) is 6.42 Å². The summed E-state index contributed by atoms with van der Waals surface area (Å²) in [6, 6.07) is 0. The van der Waals surface area contributed by atoms with E-state index in [4.69, 9.17) is 10.8 Å². The first-order chi connectivity index (χ1) is 5.81. The summed E-state index contributed by atoms with van der Waals surface area (Å²) in [5.41, 5.74) is 6.59. The van der Waals surface area contributed by atoms with Crippen molar-refractivity contribution >= 4 is 11.3 Å². The number of aliphatic hydroxyl groups excluding tert-OH is 1. The smallest absolute Gasteiger partial charge is 0.118 e. The van der Waals surface area contributed by atoms with Gasteiger partial charge in [0, 0.05) is 17.8 Å². The number of nitrogens with two attached hydrogens (primary N) is 1. The summed E-state index contributed by atoms with van der Waals surface area (Å²) >= 11 is 1.49. The van der Waals surface area contributed by atoms with Crippen LogP contribution in [-0.4, -0.2) is 16.6 Å². The van der Waals surface area contributed by atoms with Gasteiger partial charge in [0.15, 0.2) is 0 Å². The highest BCUT2D eigenvalue weighted by molar-refractivity contribution is 7.09. The molecule has 4 heteroatoms. The van der Waals surface area contributed by atoms with Crippen LogP contribution in [0.2, 0.25) is 0 Å². The molecule has 0 fully saturated rings. The maximum atomic E-state index is 8.79. The van der Waals surface area contributed by atoms with Gasteiger partial charge in [0.05, 0.1) is 12.3 Å². The Hall–Kier alpha value is -0.450. The molecular weight excluding hydrogens is 172 g/mol. The second kappa shape index (κ2) is 4.54. The Morgan fingerprint density at radius 3 is 2.92 bits per heavy atom. The maximum absolute atomic E-state index is 8.79. The van der Waals surface area contributed by atoms with E-state index < -0.39 is 0 Å². The zero-order chi connectivity index (χ0) is 8.97. The molecule has 1 atom stereocenters. The average Bonchev–Trinajstić information content (AvgIpc) is 2.55. The minimum absolute atomic E-state index is 0.0334. The highest BCUT2D eigenvalue weighted by Gasteiger charge is 2.10. The van der Waals surface area contributed by atoms with Gasteiger partial charge >= 0.3 is 0 Å². The van der Waals surface area contributed by atoms with Crippen molar-refractivity contribution in [2.75, 3.05) is 6.54 Å². The Balaban J connectivity index is 2.72. The molecule has 0 radical (unpaired) electrons. The van der Waals surface area contributed by atoms with E-state index in [1.807, 2.05) is 5.38 Å². The van der Waals surface area contributed by atoms with Gasteiger partial charge in [0.1, 0.15) is 5.01 Å². The molecule has 0 aliphatic heterocycles. The van der Waals surface area contributed by atoms with Gasteiger partial charge in [0.2, 0.25) is 0 Å². The Morgan fingerprint density at radius 1 is 1.75 bits per heavy atom. The van der Waals surface area contributed by atoms with Gasteiger partial charge in [-0.25, -0.2) is 4.98 Å². The number of aliphatic hydroxyl groups is 1. The summed E-state index contributed by atoms with van der Waals surface area (Å²) in [4.78, 5) is 4.26. The lowest BCUT2D eigenvalue weighted by Crippen LogP contribution is -2.11. The van der Waals surface area contributed by atoms with E-state index in [0.29, 0.717) is 12.5 Å². The van der Waals surface area contributed by atoms with Crippen molar-refractivity contribution in [3.63, 3.8) is 0 Å². The van der Waals surface area contributed by atoms with Crippen molar-refractivity contribution in [3.05, 3.63) is 16.1 Å². The minimum Gasteiger partial charge on any atom is -0.389 e. The predicted octanol–water partition coefficient (Wildman–Crippen LogP) is 1.09. The SMILES string of the molecule is CCC(CN)c1csc(CO)n1. The third-order valence-corrected chi connectivity index (χ3v) is 2.75. The van der Waals surface area contributed by atoms with E-state index >= 15 is 0 Å². The highest BCUT2D eigenvalue weighted by Crippen LogP contribution is 2.20. The lowest BCUT2D eigenvalue weighted by molar-refractivity contribution is 0.281. The van der Waals surface area contributed by atoms with Gasteiger partial charge in [-0.15, -0.1) is 11.3 Å². The molecule has 3 N–H and O–H groups in total. The molecule has 1 unspecified atom stereocenters. The number of thiazole rings is 1. The van der Waals surface area contributed by atoms with Crippen molar-refractivity contribution in [3.8, 4) is 0 Å². The van der Waals surface area contributed by atoms with Crippen molar-refractivity contribution < 1.29 is 5.11 Å². The molecule has 0 amide bonds. The third-order valence-electron chi connectivity index (χ3n) is 1.90. The van der Waals surface area contributed by atoms with Crippen LogP contribution in [0.1, 0.15) is 30.0 Å². The molecule has 68 valence electrons. The normalized spacial score (nSPS) is 13.2. The van der Waals surface area contributed by atoms with Gasteiger partial charge in [0.25, 0.3) is 0 Å². The molecule has 1 aromatic heterocycles. The van der Waals surface area contributed by atoms with Crippen LogP contribution in [0, 0.1) is 0 Å². The monoisotopic (exact) mass is 186 g/mol. The third kappa shape index (κ3) is 2.03. The van der Waals surface area contributed by atoms with Crippen LogP contribution in [-0.2, 0) is 6.61 Å². The number of hydrogen-bond acceptors (Lipinski definition) is 4. The van der Waals surface area contributed by atoms with E-state index in [-0.39, 0.29) is 6.61 Å². The molecular formula is C8H14N2OS. The largest absolute Gasteiger partial charge is 0.389 e. The number of rotatable bonds is 4. The summed E-state index contributed by atoms with van der Waals surface area (Å²) < 4.78 is 0. The van der Waals surface area contributed by atoms with Crippen molar-refractivity contribution in [2.45, 2.75) is 25.9 Å². The number of hydrogen-bond donors (Lipinski definition) is 2. The molecule has 3 nitrogen and oxygen atoms in total. The molecule has 0 spiro atoms. The van der Waals surface area contributed by atoms with Gasteiger partial charge in [-0.3, -0.25) is 0 Å². The Morgan fingerprint density at radius 2 is 2.50 bits per heavy atom. The van der Waals surface area contributed by atoms with Crippen LogP contribution in [0.3, 0.4) is 0 Å². The van der Waals surface area contributed by atoms with Crippen molar-refractivity contribution in [1.82, 2.24) is 4.98 Å². The highest BCUT2D eigenvalue weighted by atomic mass is 32.1. The van der Waals surface area contributed by atoms with E-state index in [2.05, 4.69) is 11.9 Å². The Labute approximate surface area is 76.3 Å². The molecule has 0 bridgehead atoms. The maximum Gasteiger partial charge on any atom is 0.118 e. The molecule has 0 aliphatic rings. The lowest BCUT2D eigenvalue weighted by Gasteiger charge is -2.07. The molecule has 1 aromatic rings. The number of aromatic nitrogens is 1. The standard InChI is InChI=1S/C8H14N2OS/c1-2-6(3-9)7-5-12-8(4-11)10-7/h5-6,11H,2-4,9H2,1H3. The number of nitrogens with zero attached hydrogens (tertiary/aromatic N) is 1. The first kappa shape index (κ1) is 9.64. The molecule has 1 rings (SSSR count). The van der Waals surface area contributed by atoms with Crippen LogP contribution < -0.4 is 5.73 Å². The van der Waals surface area contributed by atoms with E-state index in [1.165, 1.54) is 11.3 Å². The van der Waals surface area contributed by atoms with Gasteiger partial charge < -0.3 is 10.8 Å². The topological polar surface area (TPSA) is 59.1 Å². The fraction of sp³-hybridized carbons (Fsp3) is 0.625. The molecule has 1 heterocycles. The summed E-state index contributed by atoms with van der Waals surface area (Å²) in [5, 5.41) is 11.5. The quantitative estimate of drug-likeness (QED) is 0.740. The predicted molar refractivity (Wildman–Crippen MR) is 50.1 cm³/mol. The fourth-order valence-electron chi connectivity index (χ4n) is 1.08. The fourth-order valence-corrected chi connectivity index (χ4v) is 1.82. The minimum atomic E-state index is 0.0334. The zero-order valence-electron chi connectivity index (χ0n) is 7.16. The van der Waals surface area contributed by atoms with E-state index in [0.717, 1.165) is 17.1 Å². The Bertz CT molecular complexity index is 233. The molecule has 12 heavy (non-hydrogen) atoms.